The normalized spacial score (nSPS) is 10.6. The lowest BCUT2D eigenvalue weighted by atomic mass is 10.1. The van der Waals surface area contributed by atoms with E-state index in [0.717, 1.165) is 22.3 Å². The number of amides is 1. The molecule has 3 aromatic carbocycles. The zero-order chi connectivity index (χ0) is 20.9. The largest absolute Gasteiger partial charge is 0.483 e. The average molecular weight is 399 g/mol. The number of nitrogens with zero attached hydrogens (tertiary/aromatic N) is 2. The summed E-state index contributed by atoms with van der Waals surface area (Å²) < 4.78 is 11.4. The molecule has 150 valence electrons. The van der Waals surface area contributed by atoms with Gasteiger partial charge >= 0.3 is 0 Å². The van der Waals surface area contributed by atoms with Gasteiger partial charge in [0.1, 0.15) is 5.75 Å². The third-order valence-corrected chi connectivity index (χ3v) is 4.78. The topological polar surface area (TPSA) is 77.2 Å². The van der Waals surface area contributed by atoms with Crippen molar-refractivity contribution in [2.24, 2.45) is 0 Å². The van der Waals surface area contributed by atoms with Gasteiger partial charge < -0.3 is 14.5 Å². The van der Waals surface area contributed by atoms with Crippen LogP contribution in [0.15, 0.2) is 77.2 Å². The van der Waals surface area contributed by atoms with Crippen LogP contribution in [-0.4, -0.2) is 22.7 Å². The zero-order valence-corrected chi connectivity index (χ0v) is 16.8. The lowest BCUT2D eigenvalue weighted by Gasteiger charge is -2.11. The Labute approximate surface area is 174 Å². The van der Waals surface area contributed by atoms with E-state index in [4.69, 9.17) is 9.15 Å². The van der Waals surface area contributed by atoms with Crippen LogP contribution in [0.2, 0.25) is 0 Å². The second-order valence-corrected chi connectivity index (χ2v) is 6.89. The summed E-state index contributed by atoms with van der Waals surface area (Å²) in [7, 11) is 0. The van der Waals surface area contributed by atoms with Gasteiger partial charge in [-0.1, -0.05) is 30.3 Å². The molecular weight excluding hydrogens is 378 g/mol. The molecule has 1 aromatic heterocycles. The Morgan fingerprint density at radius 2 is 1.53 bits per heavy atom. The first-order chi connectivity index (χ1) is 14.6. The lowest BCUT2D eigenvalue weighted by molar-refractivity contribution is -0.118. The van der Waals surface area contributed by atoms with E-state index >= 15 is 0 Å². The highest BCUT2D eigenvalue weighted by Gasteiger charge is 2.11. The van der Waals surface area contributed by atoms with Crippen molar-refractivity contribution in [3.63, 3.8) is 0 Å². The van der Waals surface area contributed by atoms with Crippen LogP contribution in [0.4, 0.5) is 5.69 Å². The minimum atomic E-state index is -0.229. The van der Waals surface area contributed by atoms with Crippen molar-refractivity contribution in [1.29, 1.82) is 0 Å². The van der Waals surface area contributed by atoms with Crippen LogP contribution in [0.1, 0.15) is 11.1 Å². The molecule has 30 heavy (non-hydrogen) atoms. The zero-order valence-electron chi connectivity index (χ0n) is 16.8. The summed E-state index contributed by atoms with van der Waals surface area (Å²) in [5.74, 6) is 1.37. The summed E-state index contributed by atoms with van der Waals surface area (Å²) in [6, 6.07) is 22.6. The number of hydrogen-bond donors (Lipinski definition) is 1. The molecule has 4 rings (SSSR count). The smallest absolute Gasteiger partial charge is 0.262 e. The van der Waals surface area contributed by atoms with Crippen molar-refractivity contribution in [3.05, 3.63) is 83.9 Å². The van der Waals surface area contributed by atoms with Crippen LogP contribution in [0, 0.1) is 13.8 Å². The molecule has 1 amide bonds. The van der Waals surface area contributed by atoms with E-state index in [1.807, 2.05) is 74.5 Å². The maximum Gasteiger partial charge on any atom is 0.262 e. The highest BCUT2D eigenvalue weighted by atomic mass is 16.5. The number of hydrogen-bond acceptors (Lipinski definition) is 5. The quantitative estimate of drug-likeness (QED) is 0.492. The molecule has 6 nitrogen and oxygen atoms in total. The Hall–Kier alpha value is -3.93. The first-order valence-electron chi connectivity index (χ1n) is 9.58. The number of aromatic nitrogens is 2. The van der Waals surface area contributed by atoms with Gasteiger partial charge in [0.2, 0.25) is 11.8 Å². The van der Waals surface area contributed by atoms with Gasteiger partial charge in [-0.3, -0.25) is 4.79 Å². The monoisotopic (exact) mass is 399 g/mol. The SMILES string of the molecule is Cc1cccc(OCC(=O)Nc2ccc(-c3nnc(-c4ccccc4)o3)cc2)c1C. The second-order valence-electron chi connectivity index (χ2n) is 6.89. The lowest BCUT2D eigenvalue weighted by Crippen LogP contribution is -2.20. The summed E-state index contributed by atoms with van der Waals surface area (Å²) in [5, 5.41) is 11.0. The van der Waals surface area contributed by atoms with E-state index in [0.29, 0.717) is 23.2 Å². The number of ether oxygens (including phenoxy) is 1. The van der Waals surface area contributed by atoms with Crippen molar-refractivity contribution in [1.82, 2.24) is 10.2 Å². The number of carbonyl (C=O) groups excluding carboxylic acids is 1. The molecular formula is C24H21N3O3. The molecule has 0 saturated carbocycles. The van der Waals surface area contributed by atoms with Gasteiger partial charge in [0, 0.05) is 16.8 Å². The van der Waals surface area contributed by atoms with E-state index in [-0.39, 0.29) is 12.5 Å². The molecule has 6 heteroatoms. The maximum absolute atomic E-state index is 12.2. The van der Waals surface area contributed by atoms with Crippen LogP contribution in [0.25, 0.3) is 22.9 Å². The van der Waals surface area contributed by atoms with Crippen LogP contribution in [-0.2, 0) is 4.79 Å². The molecule has 0 saturated heterocycles. The van der Waals surface area contributed by atoms with Gasteiger partial charge in [0.25, 0.3) is 5.91 Å². The molecule has 0 atom stereocenters. The number of nitrogens with one attached hydrogen (secondary N) is 1. The van der Waals surface area contributed by atoms with Gasteiger partial charge in [-0.25, -0.2) is 0 Å². The van der Waals surface area contributed by atoms with E-state index in [1.54, 1.807) is 12.1 Å². The third kappa shape index (κ3) is 4.38. The minimum absolute atomic E-state index is 0.0594. The van der Waals surface area contributed by atoms with Gasteiger partial charge in [0.15, 0.2) is 6.61 Å². The van der Waals surface area contributed by atoms with Crippen LogP contribution >= 0.6 is 0 Å². The van der Waals surface area contributed by atoms with E-state index in [2.05, 4.69) is 15.5 Å². The fraction of sp³-hybridized carbons (Fsp3) is 0.125. The molecule has 0 aliphatic heterocycles. The van der Waals surface area contributed by atoms with Gasteiger partial charge in [-0.05, 0) is 67.4 Å². The fourth-order valence-corrected chi connectivity index (χ4v) is 2.95. The maximum atomic E-state index is 12.2. The van der Waals surface area contributed by atoms with Crippen LogP contribution < -0.4 is 10.1 Å². The van der Waals surface area contributed by atoms with Crippen molar-refractivity contribution >= 4 is 11.6 Å². The molecule has 1 N–H and O–H groups in total. The third-order valence-electron chi connectivity index (χ3n) is 4.78. The van der Waals surface area contributed by atoms with Gasteiger partial charge in [0.05, 0.1) is 0 Å². The highest BCUT2D eigenvalue weighted by molar-refractivity contribution is 5.92. The van der Waals surface area contributed by atoms with E-state index in [1.165, 1.54) is 0 Å². The van der Waals surface area contributed by atoms with Crippen molar-refractivity contribution in [3.8, 4) is 28.7 Å². The predicted octanol–water partition coefficient (Wildman–Crippen LogP) is 5.04. The molecule has 4 aromatic rings. The molecule has 0 aliphatic rings. The van der Waals surface area contributed by atoms with Crippen molar-refractivity contribution in [2.75, 3.05) is 11.9 Å². The number of benzene rings is 3. The van der Waals surface area contributed by atoms with Crippen LogP contribution in [0.5, 0.6) is 5.75 Å². The first-order valence-corrected chi connectivity index (χ1v) is 9.58. The van der Waals surface area contributed by atoms with Gasteiger partial charge in [-0.2, -0.15) is 0 Å². The number of aryl methyl sites for hydroxylation is 1. The number of rotatable bonds is 6. The van der Waals surface area contributed by atoms with Crippen LogP contribution in [0.3, 0.4) is 0 Å². The summed E-state index contributed by atoms with van der Waals surface area (Å²) in [5.41, 5.74) is 4.46. The molecule has 0 unspecified atom stereocenters. The van der Waals surface area contributed by atoms with Crippen molar-refractivity contribution in [2.45, 2.75) is 13.8 Å². The van der Waals surface area contributed by atoms with Crippen molar-refractivity contribution < 1.29 is 13.9 Å². The molecule has 0 fully saturated rings. The molecule has 0 aliphatic carbocycles. The average Bonchev–Trinajstić information content (AvgIpc) is 3.26. The Bertz CT molecular complexity index is 1150. The Kier molecular flexibility index (Phi) is 5.57. The minimum Gasteiger partial charge on any atom is -0.483 e. The number of carbonyl (C=O) groups is 1. The Morgan fingerprint density at radius 3 is 2.23 bits per heavy atom. The number of anilines is 1. The Morgan fingerprint density at radius 1 is 0.867 bits per heavy atom. The van der Waals surface area contributed by atoms with E-state index in [9.17, 15) is 4.79 Å². The highest BCUT2D eigenvalue weighted by Crippen LogP contribution is 2.25. The summed E-state index contributed by atoms with van der Waals surface area (Å²) in [6.45, 7) is 3.92. The summed E-state index contributed by atoms with van der Waals surface area (Å²) in [4.78, 5) is 12.2. The molecule has 0 radical (unpaired) electrons. The van der Waals surface area contributed by atoms with E-state index < -0.39 is 0 Å². The Balaban J connectivity index is 1.37. The fourth-order valence-electron chi connectivity index (χ4n) is 2.95. The first kappa shape index (κ1) is 19.4. The summed E-state index contributed by atoms with van der Waals surface area (Å²) >= 11 is 0. The molecule has 1 heterocycles. The molecule has 0 spiro atoms. The summed E-state index contributed by atoms with van der Waals surface area (Å²) in [6.07, 6.45) is 0. The second kappa shape index (κ2) is 8.61. The predicted molar refractivity (Wildman–Crippen MR) is 115 cm³/mol. The van der Waals surface area contributed by atoms with Gasteiger partial charge in [-0.15, -0.1) is 10.2 Å². The standard InChI is InChI=1S/C24H21N3O3/c1-16-7-6-10-21(17(16)2)29-15-22(28)25-20-13-11-19(12-14-20)24-27-26-23(30-24)18-8-4-3-5-9-18/h3-14H,15H2,1-2H3,(H,25,28). The molecule has 0 bridgehead atoms.